The molecule has 1 N–H and O–H groups in total. The van der Waals surface area contributed by atoms with Crippen LogP contribution in [0.4, 0.5) is 11.4 Å². The quantitative estimate of drug-likeness (QED) is 0.396. The zero-order valence-corrected chi connectivity index (χ0v) is 14.8. The van der Waals surface area contributed by atoms with Gasteiger partial charge in [-0.25, -0.2) is 4.98 Å². The summed E-state index contributed by atoms with van der Waals surface area (Å²) < 4.78 is 2.13. The molecule has 6 nitrogen and oxygen atoms in total. The van der Waals surface area contributed by atoms with Gasteiger partial charge in [0.2, 0.25) is 0 Å². The van der Waals surface area contributed by atoms with Crippen LogP contribution < -0.4 is 5.32 Å². The Kier molecular flexibility index (Phi) is 3.69. The minimum absolute atomic E-state index is 0.0886. The highest BCUT2D eigenvalue weighted by Gasteiger charge is 2.25. The minimum Gasteiger partial charge on any atom is -0.361 e. The van der Waals surface area contributed by atoms with Crippen LogP contribution in [-0.2, 0) is 0 Å². The SMILES string of the molecule is O=[N+]([O-])c1ccccc1C=CC1Nc2ccccc2-c2nc3ccccc3n21. The van der Waals surface area contributed by atoms with Gasteiger partial charge in [0.25, 0.3) is 5.69 Å². The fraction of sp³-hybridized carbons (Fsp3) is 0.0455. The molecule has 1 aliphatic heterocycles. The van der Waals surface area contributed by atoms with E-state index in [0.717, 1.165) is 28.1 Å². The highest BCUT2D eigenvalue weighted by Crippen LogP contribution is 2.38. The lowest BCUT2D eigenvalue weighted by Gasteiger charge is -2.27. The van der Waals surface area contributed by atoms with Gasteiger partial charge in [0.15, 0.2) is 0 Å². The van der Waals surface area contributed by atoms with E-state index in [1.165, 1.54) is 6.07 Å². The van der Waals surface area contributed by atoms with Crippen molar-refractivity contribution in [1.29, 1.82) is 0 Å². The number of nitro benzene ring substituents is 1. The van der Waals surface area contributed by atoms with Crippen molar-refractivity contribution in [2.24, 2.45) is 0 Å². The second kappa shape index (κ2) is 6.35. The second-order valence-corrected chi connectivity index (χ2v) is 6.60. The number of nitrogens with zero attached hydrogens (tertiary/aromatic N) is 3. The third kappa shape index (κ3) is 2.54. The van der Waals surface area contributed by atoms with Crippen LogP contribution in [0.15, 0.2) is 78.9 Å². The smallest absolute Gasteiger partial charge is 0.276 e. The molecule has 5 rings (SSSR count). The number of aromatic nitrogens is 2. The van der Waals surface area contributed by atoms with Gasteiger partial charge in [-0.05, 0) is 42.5 Å². The molecule has 0 fully saturated rings. The van der Waals surface area contributed by atoms with Crippen LogP contribution in [0.1, 0.15) is 11.7 Å². The first kappa shape index (κ1) is 16.3. The number of hydrogen-bond donors (Lipinski definition) is 1. The van der Waals surface area contributed by atoms with E-state index in [1.807, 2.05) is 54.6 Å². The molecular formula is C22H16N4O2. The van der Waals surface area contributed by atoms with E-state index in [4.69, 9.17) is 4.98 Å². The minimum atomic E-state index is -0.360. The van der Waals surface area contributed by atoms with Gasteiger partial charge in [-0.3, -0.25) is 14.7 Å². The van der Waals surface area contributed by atoms with Crippen molar-refractivity contribution >= 4 is 28.5 Å². The largest absolute Gasteiger partial charge is 0.361 e. The Labute approximate surface area is 160 Å². The molecule has 0 saturated heterocycles. The second-order valence-electron chi connectivity index (χ2n) is 6.60. The molecule has 2 heterocycles. The summed E-state index contributed by atoms with van der Waals surface area (Å²) in [4.78, 5) is 15.8. The molecule has 0 bridgehead atoms. The summed E-state index contributed by atoms with van der Waals surface area (Å²) in [6.07, 6.45) is 3.52. The Balaban J connectivity index is 1.66. The molecule has 1 atom stereocenters. The first-order valence-electron chi connectivity index (χ1n) is 8.97. The monoisotopic (exact) mass is 368 g/mol. The molecule has 28 heavy (non-hydrogen) atoms. The van der Waals surface area contributed by atoms with Crippen LogP contribution in [0, 0.1) is 10.1 Å². The van der Waals surface area contributed by atoms with Crippen molar-refractivity contribution < 1.29 is 4.92 Å². The van der Waals surface area contributed by atoms with Crippen molar-refractivity contribution in [2.75, 3.05) is 5.32 Å². The molecule has 4 aromatic rings. The standard InChI is InChI=1S/C22H16N4O2/c27-26(28)19-11-5-1-7-15(19)13-14-21-23-17-9-3-2-8-16(17)22-24-18-10-4-6-12-20(18)25(21)22/h1-14,21,23H. The van der Waals surface area contributed by atoms with Gasteiger partial charge in [-0.2, -0.15) is 0 Å². The van der Waals surface area contributed by atoms with Crippen LogP contribution in [0.25, 0.3) is 28.5 Å². The number of benzene rings is 3. The Morgan fingerprint density at radius 1 is 1.00 bits per heavy atom. The molecule has 1 aliphatic rings. The van der Waals surface area contributed by atoms with E-state index in [2.05, 4.69) is 9.88 Å². The molecule has 0 radical (unpaired) electrons. The molecule has 0 amide bonds. The Morgan fingerprint density at radius 3 is 2.64 bits per heavy atom. The van der Waals surface area contributed by atoms with Gasteiger partial charge in [0, 0.05) is 17.3 Å². The van der Waals surface area contributed by atoms with Crippen LogP contribution in [-0.4, -0.2) is 14.5 Å². The molecular weight excluding hydrogens is 352 g/mol. The molecule has 136 valence electrons. The van der Waals surface area contributed by atoms with E-state index in [1.54, 1.807) is 24.3 Å². The van der Waals surface area contributed by atoms with Gasteiger partial charge >= 0.3 is 0 Å². The molecule has 1 aromatic heterocycles. The molecule has 0 aliphatic carbocycles. The number of para-hydroxylation sites is 4. The third-order valence-corrected chi connectivity index (χ3v) is 4.94. The van der Waals surface area contributed by atoms with Crippen LogP contribution in [0.5, 0.6) is 0 Å². The maximum Gasteiger partial charge on any atom is 0.276 e. The van der Waals surface area contributed by atoms with Crippen molar-refractivity contribution in [2.45, 2.75) is 6.17 Å². The average molecular weight is 368 g/mol. The molecule has 3 aromatic carbocycles. The maximum absolute atomic E-state index is 11.3. The number of imidazole rings is 1. The lowest BCUT2D eigenvalue weighted by Crippen LogP contribution is -2.21. The van der Waals surface area contributed by atoms with Crippen molar-refractivity contribution in [3.05, 3.63) is 94.6 Å². The summed E-state index contributed by atoms with van der Waals surface area (Å²) >= 11 is 0. The van der Waals surface area contributed by atoms with Gasteiger partial charge in [0.05, 0.1) is 21.5 Å². The Hall–Kier alpha value is -3.93. The summed E-state index contributed by atoms with van der Waals surface area (Å²) in [6, 6.07) is 22.8. The maximum atomic E-state index is 11.3. The number of hydrogen-bond acceptors (Lipinski definition) is 4. The topological polar surface area (TPSA) is 73.0 Å². The summed E-state index contributed by atoms with van der Waals surface area (Å²) in [7, 11) is 0. The lowest BCUT2D eigenvalue weighted by molar-refractivity contribution is -0.385. The van der Waals surface area contributed by atoms with E-state index in [9.17, 15) is 10.1 Å². The Morgan fingerprint density at radius 2 is 1.75 bits per heavy atom. The first-order valence-corrected chi connectivity index (χ1v) is 8.97. The fourth-order valence-electron chi connectivity index (χ4n) is 3.67. The number of anilines is 1. The van der Waals surface area contributed by atoms with E-state index >= 15 is 0 Å². The van der Waals surface area contributed by atoms with Crippen molar-refractivity contribution in [3.8, 4) is 11.4 Å². The van der Waals surface area contributed by atoms with Crippen molar-refractivity contribution in [1.82, 2.24) is 9.55 Å². The zero-order chi connectivity index (χ0) is 19.1. The number of fused-ring (bicyclic) bond motifs is 5. The molecule has 1 unspecified atom stereocenters. The molecule has 0 saturated carbocycles. The zero-order valence-electron chi connectivity index (χ0n) is 14.8. The van der Waals surface area contributed by atoms with Gasteiger partial charge in [-0.15, -0.1) is 0 Å². The van der Waals surface area contributed by atoms with Crippen LogP contribution in [0.3, 0.4) is 0 Å². The summed E-state index contributed by atoms with van der Waals surface area (Å²) in [5, 5.41) is 14.8. The predicted molar refractivity (Wildman–Crippen MR) is 110 cm³/mol. The highest BCUT2D eigenvalue weighted by molar-refractivity contribution is 5.86. The molecule has 0 spiro atoms. The predicted octanol–water partition coefficient (Wildman–Crippen LogP) is 5.25. The summed E-state index contributed by atoms with van der Waals surface area (Å²) in [6.45, 7) is 0. The number of rotatable bonds is 3. The fourth-order valence-corrected chi connectivity index (χ4v) is 3.67. The number of nitro groups is 1. The van der Waals surface area contributed by atoms with E-state index in [0.29, 0.717) is 5.56 Å². The first-order chi connectivity index (χ1) is 13.7. The van der Waals surface area contributed by atoms with Crippen LogP contribution >= 0.6 is 0 Å². The van der Waals surface area contributed by atoms with Gasteiger partial charge < -0.3 is 5.32 Å². The normalized spacial score (nSPS) is 15.2. The third-order valence-electron chi connectivity index (χ3n) is 4.94. The van der Waals surface area contributed by atoms with Gasteiger partial charge in [-0.1, -0.05) is 36.4 Å². The highest BCUT2D eigenvalue weighted by atomic mass is 16.6. The molecule has 6 heteroatoms. The summed E-state index contributed by atoms with van der Waals surface area (Å²) in [5.74, 6) is 0.882. The van der Waals surface area contributed by atoms with Gasteiger partial charge in [0.1, 0.15) is 12.0 Å². The van der Waals surface area contributed by atoms with E-state index in [-0.39, 0.29) is 16.8 Å². The Bertz CT molecular complexity index is 1240. The van der Waals surface area contributed by atoms with Crippen LogP contribution in [0.2, 0.25) is 0 Å². The number of nitrogens with one attached hydrogen (secondary N) is 1. The van der Waals surface area contributed by atoms with Crippen molar-refractivity contribution in [3.63, 3.8) is 0 Å². The summed E-state index contributed by atoms with van der Waals surface area (Å²) in [5.41, 5.74) is 4.61. The average Bonchev–Trinajstić information content (AvgIpc) is 3.12. The van der Waals surface area contributed by atoms with E-state index < -0.39 is 0 Å². The lowest BCUT2D eigenvalue weighted by atomic mass is 10.1.